The molecular weight excluding hydrogens is 337 g/mol. The third kappa shape index (κ3) is 3.11. The molecule has 1 unspecified atom stereocenters. The Bertz CT molecular complexity index is 507. The Morgan fingerprint density at radius 3 is 2.83 bits per heavy atom. The number of nitrogens with one attached hydrogen (secondary N) is 1. The first kappa shape index (κ1) is 13.5. The van der Waals surface area contributed by atoms with Crippen LogP contribution in [0, 0.1) is 3.57 Å². The number of hydrogen-bond donors (Lipinski definition) is 1. The zero-order chi connectivity index (χ0) is 13.0. The van der Waals surface area contributed by atoms with Crippen molar-refractivity contribution in [2.24, 2.45) is 0 Å². The number of hydrogen-bond acceptors (Lipinski definition) is 2. The monoisotopic (exact) mass is 355 g/mol. The van der Waals surface area contributed by atoms with E-state index in [4.69, 9.17) is 0 Å². The highest BCUT2D eigenvalue weighted by Crippen LogP contribution is 2.19. The maximum Gasteiger partial charge on any atom is 0.0649 e. The van der Waals surface area contributed by atoms with Crippen LogP contribution < -0.4 is 5.32 Å². The smallest absolute Gasteiger partial charge is 0.0649 e. The highest BCUT2D eigenvalue weighted by Gasteiger charge is 2.08. The Hall–Kier alpha value is -0.880. The summed E-state index contributed by atoms with van der Waals surface area (Å²) in [5.74, 6) is 0. The van der Waals surface area contributed by atoms with E-state index in [2.05, 4.69) is 71.1 Å². The van der Waals surface area contributed by atoms with E-state index in [0.29, 0.717) is 6.04 Å². The predicted octanol–water partition coefficient (Wildman–Crippen LogP) is 3.54. The first-order chi connectivity index (χ1) is 8.74. The molecule has 0 aliphatic rings. The SMILES string of the molecule is CCNC(CC)c1cccc(-n2cc(I)cn2)c1. The molecule has 0 aliphatic heterocycles. The van der Waals surface area contributed by atoms with Gasteiger partial charge in [0.15, 0.2) is 0 Å². The van der Waals surface area contributed by atoms with Crippen LogP contribution in [-0.2, 0) is 0 Å². The summed E-state index contributed by atoms with van der Waals surface area (Å²) >= 11 is 2.27. The second-order valence-corrected chi connectivity index (χ2v) is 5.46. The summed E-state index contributed by atoms with van der Waals surface area (Å²) < 4.78 is 3.07. The Morgan fingerprint density at radius 2 is 2.22 bits per heavy atom. The fourth-order valence-corrected chi connectivity index (χ4v) is 2.46. The molecule has 1 N–H and O–H groups in total. The number of aromatic nitrogens is 2. The maximum atomic E-state index is 4.35. The van der Waals surface area contributed by atoms with Gasteiger partial charge in [-0.05, 0) is 53.3 Å². The molecule has 3 nitrogen and oxygen atoms in total. The minimum Gasteiger partial charge on any atom is -0.310 e. The molecule has 0 fully saturated rings. The van der Waals surface area contributed by atoms with E-state index in [9.17, 15) is 0 Å². The summed E-state index contributed by atoms with van der Waals surface area (Å²) in [7, 11) is 0. The second-order valence-electron chi connectivity index (χ2n) is 4.22. The van der Waals surface area contributed by atoms with Gasteiger partial charge in [0.1, 0.15) is 0 Å². The first-order valence-electron chi connectivity index (χ1n) is 6.28. The third-order valence-corrected chi connectivity index (χ3v) is 3.50. The van der Waals surface area contributed by atoms with E-state index in [1.807, 2.05) is 17.1 Å². The van der Waals surface area contributed by atoms with Crippen LogP contribution in [0.2, 0.25) is 0 Å². The van der Waals surface area contributed by atoms with Crippen LogP contribution in [0.1, 0.15) is 31.9 Å². The molecule has 0 spiro atoms. The van der Waals surface area contributed by atoms with Crippen molar-refractivity contribution in [2.45, 2.75) is 26.3 Å². The number of rotatable bonds is 5. The lowest BCUT2D eigenvalue weighted by molar-refractivity contribution is 0.537. The Labute approximate surface area is 122 Å². The Balaban J connectivity index is 2.29. The average Bonchev–Trinajstić information content (AvgIpc) is 2.83. The van der Waals surface area contributed by atoms with Gasteiger partial charge in [-0.25, -0.2) is 4.68 Å². The summed E-state index contributed by atoms with van der Waals surface area (Å²) in [5.41, 5.74) is 2.44. The highest BCUT2D eigenvalue weighted by atomic mass is 127. The fraction of sp³-hybridized carbons (Fsp3) is 0.357. The summed E-state index contributed by atoms with van der Waals surface area (Å²) in [6.45, 7) is 5.33. The molecule has 0 saturated heterocycles. The zero-order valence-electron chi connectivity index (χ0n) is 10.7. The normalized spacial score (nSPS) is 12.6. The van der Waals surface area contributed by atoms with Gasteiger partial charge < -0.3 is 5.32 Å². The zero-order valence-corrected chi connectivity index (χ0v) is 12.9. The molecule has 0 amide bonds. The summed E-state index contributed by atoms with van der Waals surface area (Å²) in [4.78, 5) is 0. The van der Waals surface area contributed by atoms with Crippen molar-refractivity contribution < 1.29 is 0 Å². The Morgan fingerprint density at radius 1 is 1.39 bits per heavy atom. The lowest BCUT2D eigenvalue weighted by Crippen LogP contribution is -2.20. The van der Waals surface area contributed by atoms with Crippen molar-refractivity contribution in [2.75, 3.05) is 6.54 Å². The molecule has 1 aromatic carbocycles. The van der Waals surface area contributed by atoms with E-state index in [0.717, 1.165) is 22.2 Å². The lowest BCUT2D eigenvalue weighted by Gasteiger charge is -2.17. The molecule has 0 aliphatic carbocycles. The summed E-state index contributed by atoms with van der Waals surface area (Å²) in [6, 6.07) is 8.99. The van der Waals surface area contributed by atoms with E-state index in [1.165, 1.54) is 5.56 Å². The molecule has 1 atom stereocenters. The van der Waals surface area contributed by atoms with E-state index < -0.39 is 0 Å². The van der Waals surface area contributed by atoms with Gasteiger partial charge in [0, 0.05) is 12.2 Å². The van der Waals surface area contributed by atoms with Gasteiger partial charge >= 0.3 is 0 Å². The van der Waals surface area contributed by atoms with Crippen LogP contribution in [0.25, 0.3) is 5.69 Å². The van der Waals surface area contributed by atoms with Gasteiger partial charge in [0.2, 0.25) is 0 Å². The maximum absolute atomic E-state index is 4.35. The van der Waals surface area contributed by atoms with E-state index in [-0.39, 0.29) is 0 Å². The lowest BCUT2D eigenvalue weighted by atomic mass is 10.0. The van der Waals surface area contributed by atoms with Gasteiger partial charge in [0.25, 0.3) is 0 Å². The van der Waals surface area contributed by atoms with Gasteiger partial charge in [-0.1, -0.05) is 26.0 Å². The van der Waals surface area contributed by atoms with Crippen molar-refractivity contribution in [3.63, 3.8) is 0 Å². The molecule has 0 radical (unpaired) electrons. The fourth-order valence-electron chi connectivity index (χ4n) is 2.07. The molecular formula is C14H18IN3. The van der Waals surface area contributed by atoms with E-state index in [1.54, 1.807) is 0 Å². The molecule has 18 heavy (non-hydrogen) atoms. The number of benzene rings is 1. The summed E-state index contributed by atoms with van der Waals surface area (Å²) in [6.07, 6.45) is 5.00. The van der Waals surface area contributed by atoms with Crippen molar-refractivity contribution >= 4 is 22.6 Å². The van der Waals surface area contributed by atoms with Gasteiger partial charge in [-0.2, -0.15) is 5.10 Å². The minimum absolute atomic E-state index is 0.421. The van der Waals surface area contributed by atoms with Crippen LogP contribution in [0.5, 0.6) is 0 Å². The van der Waals surface area contributed by atoms with Crippen molar-refractivity contribution in [1.29, 1.82) is 0 Å². The van der Waals surface area contributed by atoms with Crippen molar-refractivity contribution in [1.82, 2.24) is 15.1 Å². The molecule has 2 rings (SSSR count). The van der Waals surface area contributed by atoms with Crippen molar-refractivity contribution in [3.05, 3.63) is 45.8 Å². The van der Waals surface area contributed by atoms with Crippen LogP contribution >= 0.6 is 22.6 Å². The molecule has 2 aromatic rings. The number of nitrogens with zero attached hydrogens (tertiary/aromatic N) is 2. The quantitative estimate of drug-likeness (QED) is 0.832. The summed E-state index contributed by atoms with van der Waals surface area (Å²) in [5, 5.41) is 7.85. The molecule has 96 valence electrons. The topological polar surface area (TPSA) is 29.9 Å². The third-order valence-electron chi connectivity index (χ3n) is 2.95. The molecule has 4 heteroatoms. The second kappa shape index (κ2) is 6.33. The predicted molar refractivity (Wildman–Crippen MR) is 83.0 cm³/mol. The molecule has 1 heterocycles. The van der Waals surface area contributed by atoms with Crippen LogP contribution in [0.15, 0.2) is 36.7 Å². The standard InChI is InChI=1S/C14H18IN3/c1-3-14(16-4-2)11-6-5-7-13(8-11)18-10-12(15)9-17-18/h5-10,14,16H,3-4H2,1-2H3. The van der Waals surface area contributed by atoms with Crippen LogP contribution in [0.3, 0.4) is 0 Å². The van der Waals surface area contributed by atoms with Crippen LogP contribution in [0.4, 0.5) is 0 Å². The van der Waals surface area contributed by atoms with Gasteiger partial charge in [-0.15, -0.1) is 0 Å². The minimum atomic E-state index is 0.421. The van der Waals surface area contributed by atoms with Crippen molar-refractivity contribution in [3.8, 4) is 5.69 Å². The van der Waals surface area contributed by atoms with Gasteiger partial charge in [-0.3, -0.25) is 0 Å². The Kier molecular flexibility index (Phi) is 4.77. The average molecular weight is 355 g/mol. The molecule has 0 bridgehead atoms. The molecule has 0 saturated carbocycles. The largest absolute Gasteiger partial charge is 0.310 e. The van der Waals surface area contributed by atoms with E-state index >= 15 is 0 Å². The number of halogens is 1. The highest BCUT2D eigenvalue weighted by molar-refractivity contribution is 14.1. The van der Waals surface area contributed by atoms with Crippen LogP contribution in [-0.4, -0.2) is 16.3 Å². The first-order valence-corrected chi connectivity index (χ1v) is 7.36. The molecule has 1 aromatic heterocycles. The van der Waals surface area contributed by atoms with Gasteiger partial charge in [0.05, 0.1) is 15.5 Å².